The van der Waals surface area contributed by atoms with Crippen LogP contribution in [0.2, 0.25) is 0 Å². The van der Waals surface area contributed by atoms with Gasteiger partial charge in [-0.3, -0.25) is 14.4 Å². The second-order valence-electron chi connectivity index (χ2n) is 5.99. The van der Waals surface area contributed by atoms with Crippen molar-refractivity contribution in [3.05, 3.63) is 0 Å². The minimum Gasteiger partial charge on any atom is -0.480 e. The van der Waals surface area contributed by atoms with Gasteiger partial charge in [0, 0.05) is 11.5 Å². The Kier molecular flexibility index (Phi) is 11.3. The minimum absolute atomic E-state index is 0.00414. The van der Waals surface area contributed by atoms with Crippen molar-refractivity contribution in [1.82, 2.24) is 16.0 Å². The van der Waals surface area contributed by atoms with Gasteiger partial charge in [-0.05, 0) is 12.8 Å². The molecule has 0 fully saturated rings. The van der Waals surface area contributed by atoms with E-state index >= 15 is 0 Å². The summed E-state index contributed by atoms with van der Waals surface area (Å²) in [4.78, 5) is 47.5. The van der Waals surface area contributed by atoms with Gasteiger partial charge in [0.25, 0.3) is 0 Å². The van der Waals surface area contributed by atoms with Crippen LogP contribution in [0.15, 0.2) is 0 Å². The van der Waals surface area contributed by atoms with Crippen LogP contribution in [-0.4, -0.2) is 64.5 Å². The lowest BCUT2D eigenvalue weighted by molar-refractivity contribution is -0.143. The van der Waals surface area contributed by atoms with Crippen molar-refractivity contribution in [3.63, 3.8) is 0 Å². The highest BCUT2D eigenvalue weighted by molar-refractivity contribution is 7.80. The highest BCUT2D eigenvalue weighted by Gasteiger charge is 2.30. The third-order valence-electron chi connectivity index (χ3n) is 3.82. The predicted octanol–water partition coefficient (Wildman–Crippen LogP) is -1.22. The first-order chi connectivity index (χ1) is 12.1. The molecule has 0 aromatic rings. The molecule has 26 heavy (non-hydrogen) atoms. The Bertz CT molecular complexity index is 518. The van der Waals surface area contributed by atoms with Gasteiger partial charge in [-0.25, -0.2) is 4.79 Å². The van der Waals surface area contributed by atoms with Gasteiger partial charge >= 0.3 is 5.97 Å². The molecule has 0 heterocycles. The van der Waals surface area contributed by atoms with Crippen LogP contribution in [-0.2, 0) is 19.2 Å². The van der Waals surface area contributed by atoms with Crippen molar-refractivity contribution in [2.45, 2.75) is 51.4 Å². The molecule has 0 aromatic heterocycles. The number of rotatable bonds is 11. The van der Waals surface area contributed by atoms with Gasteiger partial charge < -0.3 is 26.8 Å². The highest BCUT2D eigenvalue weighted by Crippen LogP contribution is 2.08. The molecule has 0 aliphatic heterocycles. The number of carbonyl (C=O) groups excluding carboxylic acids is 3. The van der Waals surface area contributed by atoms with Crippen LogP contribution in [0.4, 0.5) is 0 Å². The van der Waals surface area contributed by atoms with E-state index in [-0.39, 0.29) is 17.4 Å². The number of aliphatic carboxylic acids is 1. The van der Waals surface area contributed by atoms with Gasteiger partial charge in [0.2, 0.25) is 17.7 Å². The molecule has 0 aliphatic carbocycles. The monoisotopic (exact) mass is 408 g/mol. The highest BCUT2D eigenvalue weighted by atomic mass is 32.1. The maximum atomic E-state index is 12.3. The standard InChI is InChI=1S/C15H28N4O5S2/c1-4-7(2)11(15(23)24)19-14(22)10(6-26)18-13(21)9(5-25)17-12(20)8(3)16/h7-11,25-26H,4-6,16H2,1-3H3,(H,17,20)(H,18,21)(H,19,22)(H,23,24). The van der Waals surface area contributed by atoms with Gasteiger partial charge in [0.1, 0.15) is 18.1 Å². The quantitative estimate of drug-likeness (QED) is 0.213. The van der Waals surface area contributed by atoms with Crippen LogP contribution in [0, 0.1) is 5.92 Å². The molecular weight excluding hydrogens is 380 g/mol. The second kappa shape index (κ2) is 12.0. The van der Waals surface area contributed by atoms with Crippen LogP contribution in [0.5, 0.6) is 0 Å². The first-order valence-corrected chi connectivity index (χ1v) is 9.46. The Morgan fingerprint density at radius 3 is 1.69 bits per heavy atom. The molecule has 0 aromatic carbocycles. The number of thiol groups is 2. The molecule has 6 N–H and O–H groups in total. The van der Waals surface area contributed by atoms with Gasteiger partial charge in [-0.15, -0.1) is 0 Å². The lowest BCUT2D eigenvalue weighted by Crippen LogP contribution is -2.58. The largest absolute Gasteiger partial charge is 0.480 e. The number of hydrogen-bond acceptors (Lipinski definition) is 7. The smallest absolute Gasteiger partial charge is 0.326 e. The van der Waals surface area contributed by atoms with Crippen molar-refractivity contribution < 1.29 is 24.3 Å². The van der Waals surface area contributed by atoms with Crippen molar-refractivity contribution in [2.24, 2.45) is 11.7 Å². The zero-order valence-corrected chi connectivity index (χ0v) is 16.8. The summed E-state index contributed by atoms with van der Waals surface area (Å²) in [5.41, 5.74) is 5.44. The van der Waals surface area contributed by atoms with Gasteiger partial charge in [0.05, 0.1) is 6.04 Å². The van der Waals surface area contributed by atoms with Crippen molar-refractivity contribution in [2.75, 3.05) is 11.5 Å². The molecule has 5 unspecified atom stereocenters. The summed E-state index contributed by atoms with van der Waals surface area (Å²) >= 11 is 8.04. The molecule has 0 spiro atoms. The van der Waals surface area contributed by atoms with Crippen molar-refractivity contribution in [1.29, 1.82) is 0 Å². The fraction of sp³-hybridized carbons (Fsp3) is 0.733. The summed E-state index contributed by atoms with van der Waals surface area (Å²) in [6.07, 6.45) is 0.556. The van der Waals surface area contributed by atoms with Crippen LogP contribution in [0.3, 0.4) is 0 Å². The fourth-order valence-electron chi connectivity index (χ4n) is 1.90. The summed E-state index contributed by atoms with van der Waals surface area (Å²) < 4.78 is 0. The maximum Gasteiger partial charge on any atom is 0.326 e. The SMILES string of the molecule is CCC(C)C(NC(=O)C(CS)NC(=O)C(CS)NC(=O)C(C)N)C(=O)O. The molecule has 0 saturated carbocycles. The average Bonchev–Trinajstić information content (AvgIpc) is 2.60. The minimum atomic E-state index is -1.16. The molecule has 150 valence electrons. The zero-order valence-electron chi connectivity index (χ0n) is 15.1. The van der Waals surface area contributed by atoms with E-state index in [2.05, 4.69) is 41.2 Å². The van der Waals surface area contributed by atoms with Gasteiger partial charge in [0.15, 0.2) is 0 Å². The molecule has 5 atom stereocenters. The molecule has 0 aliphatic rings. The Hall–Kier alpha value is -1.46. The summed E-state index contributed by atoms with van der Waals surface area (Å²) in [6, 6.07) is -3.94. The van der Waals surface area contributed by atoms with Crippen LogP contribution in [0.25, 0.3) is 0 Å². The van der Waals surface area contributed by atoms with Crippen LogP contribution in [0.1, 0.15) is 27.2 Å². The summed E-state index contributed by atoms with van der Waals surface area (Å²) in [6.45, 7) is 4.98. The predicted molar refractivity (Wildman–Crippen MR) is 104 cm³/mol. The number of nitrogens with two attached hydrogens (primary N) is 1. The topological polar surface area (TPSA) is 151 Å². The normalized spacial score (nSPS) is 16.5. The molecular formula is C15H28N4O5S2. The molecule has 11 heteroatoms. The van der Waals surface area contributed by atoms with Crippen molar-refractivity contribution >= 4 is 48.9 Å². The van der Waals surface area contributed by atoms with E-state index in [0.717, 1.165) is 0 Å². The number of carboxylic acids is 1. The Labute approximate surface area is 164 Å². The lowest BCUT2D eigenvalue weighted by Gasteiger charge is -2.25. The van der Waals surface area contributed by atoms with E-state index in [1.165, 1.54) is 6.92 Å². The Morgan fingerprint density at radius 2 is 1.35 bits per heavy atom. The van der Waals surface area contributed by atoms with Gasteiger partial charge in [-0.1, -0.05) is 20.3 Å². The molecule has 3 amide bonds. The number of carbonyl (C=O) groups is 4. The third kappa shape index (κ3) is 7.83. The van der Waals surface area contributed by atoms with Crippen LogP contribution < -0.4 is 21.7 Å². The van der Waals surface area contributed by atoms with E-state index in [1.807, 2.05) is 6.92 Å². The number of amides is 3. The molecule has 0 saturated heterocycles. The molecule has 0 bridgehead atoms. The first kappa shape index (κ1) is 24.5. The van der Waals surface area contributed by atoms with Crippen LogP contribution >= 0.6 is 25.3 Å². The summed E-state index contributed by atoms with van der Waals surface area (Å²) in [5, 5.41) is 16.5. The molecule has 9 nitrogen and oxygen atoms in total. The third-order valence-corrected chi connectivity index (χ3v) is 4.55. The Morgan fingerprint density at radius 1 is 0.923 bits per heavy atom. The number of nitrogens with one attached hydrogen (secondary N) is 3. The van der Waals surface area contributed by atoms with E-state index in [1.54, 1.807) is 6.92 Å². The zero-order chi connectivity index (χ0) is 20.4. The Balaban J connectivity index is 4.99. The van der Waals surface area contributed by atoms with Gasteiger partial charge in [-0.2, -0.15) is 25.3 Å². The van der Waals surface area contributed by atoms with E-state index in [0.29, 0.717) is 6.42 Å². The fourth-order valence-corrected chi connectivity index (χ4v) is 2.41. The van der Waals surface area contributed by atoms with E-state index in [9.17, 15) is 24.3 Å². The summed E-state index contributed by atoms with van der Waals surface area (Å²) in [5.74, 6) is -3.34. The van der Waals surface area contributed by atoms with Crippen molar-refractivity contribution in [3.8, 4) is 0 Å². The average molecular weight is 409 g/mol. The first-order valence-electron chi connectivity index (χ1n) is 8.20. The number of carboxylic acid groups (broad SMARTS) is 1. The summed E-state index contributed by atoms with van der Waals surface area (Å²) in [7, 11) is 0. The molecule has 0 radical (unpaired) electrons. The second-order valence-corrected chi connectivity index (χ2v) is 6.72. The number of hydrogen-bond donors (Lipinski definition) is 7. The molecule has 0 rings (SSSR count). The van der Waals surface area contributed by atoms with E-state index in [4.69, 9.17) is 5.73 Å². The lowest BCUT2D eigenvalue weighted by atomic mass is 9.99. The maximum absolute atomic E-state index is 12.3. The van der Waals surface area contributed by atoms with E-state index < -0.39 is 47.9 Å².